The second-order valence-electron chi connectivity index (χ2n) is 5.26. The number of aliphatic hydroxyl groups excluding tert-OH is 1. The molecule has 1 amide bonds. The van der Waals surface area contributed by atoms with Gasteiger partial charge in [-0.3, -0.25) is 14.4 Å². The van der Waals surface area contributed by atoms with Crippen molar-refractivity contribution >= 4 is 28.8 Å². The number of hydrogen-bond donors (Lipinski definition) is 2. The number of aliphatic hydroxyl groups is 1. The first-order valence-electron chi connectivity index (χ1n) is 7.40. The van der Waals surface area contributed by atoms with Gasteiger partial charge in [-0.1, -0.05) is 17.8 Å². The van der Waals surface area contributed by atoms with Gasteiger partial charge in [-0.25, -0.2) is 0 Å². The largest absolute Gasteiger partial charge is 0.457 e. The zero-order valence-corrected chi connectivity index (χ0v) is 14.7. The second-order valence-corrected chi connectivity index (χ2v) is 6.46. The highest BCUT2D eigenvalue weighted by molar-refractivity contribution is 8.13. The molecule has 1 saturated heterocycles. The zero-order valence-electron chi connectivity index (χ0n) is 13.9. The third-order valence-electron chi connectivity index (χ3n) is 3.17. The summed E-state index contributed by atoms with van der Waals surface area (Å²) < 4.78 is 16.3. The summed E-state index contributed by atoms with van der Waals surface area (Å²) >= 11 is 0.976. The van der Waals surface area contributed by atoms with Crippen LogP contribution in [-0.2, 0) is 28.6 Å². The van der Waals surface area contributed by atoms with Crippen molar-refractivity contribution in [1.82, 2.24) is 5.32 Å². The minimum atomic E-state index is -1.22. The van der Waals surface area contributed by atoms with Crippen LogP contribution in [0.4, 0.5) is 0 Å². The Morgan fingerprint density at radius 1 is 1.33 bits per heavy atom. The molecular formula is C15H23NO7S. The van der Waals surface area contributed by atoms with Crippen LogP contribution in [0.25, 0.3) is 0 Å². The minimum Gasteiger partial charge on any atom is -0.457 e. The number of rotatable bonds is 7. The lowest BCUT2D eigenvalue weighted by Gasteiger charge is -2.43. The number of thioether (sulfide) groups is 1. The molecule has 0 unspecified atom stereocenters. The smallest absolute Gasteiger partial charge is 0.303 e. The molecule has 1 aliphatic heterocycles. The molecule has 0 aromatic carbocycles. The Morgan fingerprint density at radius 3 is 2.50 bits per heavy atom. The molecule has 2 N–H and O–H groups in total. The highest BCUT2D eigenvalue weighted by atomic mass is 32.2. The maximum absolute atomic E-state index is 11.5. The van der Waals surface area contributed by atoms with Gasteiger partial charge >= 0.3 is 5.97 Å². The lowest BCUT2D eigenvalue weighted by molar-refractivity contribution is -0.260. The Morgan fingerprint density at radius 2 is 2.00 bits per heavy atom. The van der Waals surface area contributed by atoms with Gasteiger partial charge in [0.05, 0.1) is 12.7 Å². The van der Waals surface area contributed by atoms with E-state index in [-0.39, 0.29) is 17.5 Å². The van der Waals surface area contributed by atoms with Crippen LogP contribution in [0.15, 0.2) is 12.7 Å². The summed E-state index contributed by atoms with van der Waals surface area (Å²) in [6.45, 7) is 7.57. The van der Waals surface area contributed by atoms with Crippen molar-refractivity contribution in [3.63, 3.8) is 0 Å². The Balaban J connectivity index is 3.02. The molecule has 0 saturated carbocycles. The maximum atomic E-state index is 11.5. The number of hydrogen-bond acceptors (Lipinski definition) is 8. The van der Waals surface area contributed by atoms with Crippen LogP contribution < -0.4 is 5.32 Å². The minimum absolute atomic E-state index is 0.135. The fourth-order valence-corrected chi connectivity index (χ4v) is 2.95. The average molecular weight is 361 g/mol. The molecule has 1 fully saturated rings. The first kappa shape index (κ1) is 20.6. The molecule has 0 radical (unpaired) electrons. The molecule has 5 atom stereocenters. The van der Waals surface area contributed by atoms with Gasteiger partial charge in [0, 0.05) is 26.5 Å². The molecule has 24 heavy (non-hydrogen) atoms. The predicted octanol–water partition coefficient (Wildman–Crippen LogP) is -0.00910. The lowest BCUT2D eigenvalue weighted by Crippen LogP contribution is -2.65. The molecule has 8 nitrogen and oxygen atoms in total. The topological polar surface area (TPSA) is 111 Å². The van der Waals surface area contributed by atoms with E-state index in [1.54, 1.807) is 0 Å². The van der Waals surface area contributed by atoms with Crippen molar-refractivity contribution in [2.45, 2.75) is 51.4 Å². The molecule has 0 spiro atoms. The maximum Gasteiger partial charge on any atom is 0.303 e. The molecular weight excluding hydrogens is 338 g/mol. The lowest BCUT2D eigenvalue weighted by atomic mass is 9.97. The summed E-state index contributed by atoms with van der Waals surface area (Å²) in [7, 11) is 0. The van der Waals surface area contributed by atoms with E-state index in [0.29, 0.717) is 0 Å². The molecule has 9 heteroatoms. The van der Waals surface area contributed by atoms with E-state index in [9.17, 15) is 19.5 Å². The van der Waals surface area contributed by atoms with Crippen LogP contribution in [-0.4, -0.2) is 65.1 Å². The van der Waals surface area contributed by atoms with Gasteiger partial charge in [0.2, 0.25) is 5.91 Å². The number of carbonyl (C=O) groups excluding carboxylic acids is 3. The van der Waals surface area contributed by atoms with E-state index in [0.717, 1.165) is 11.8 Å². The molecule has 0 aliphatic carbocycles. The summed E-state index contributed by atoms with van der Waals surface area (Å²) in [6.07, 6.45) is -2.55. The number of amides is 1. The van der Waals surface area contributed by atoms with E-state index in [2.05, 4.69) is 11.9 Å². The van der Waals surface area contributed by atoms with Crippen molar-refractivity contribution < 1.29 is 33.7 Å². The van der Waals surface area contributed by atoms with Gasteiger partial charge in [0.15, 0.2) is 17.5 Å². The standard InChI is InChI=1S/C15H23NO7S/c1-5-6-21-15-12(16-8(2)17)14(22-9(3)18)13(20)11(23-15)7-24-10(4)19/h5,11-15,20H,1,6-7H2,2-4H3,(H,16,17)/t11-,12-,13-,14-,15+/m1/s1. The SMILES string of the molecule is C=CCO[C@H]1O[C@H](CSC(C)=O)[C@@H](O)[C@H](OC(C)=O)[C@H]1NC(C)=O. The Labute approximate surface area is 144 Å². The zero-order chi connectivity index (χ0) is 18.3. The fraction of sp³-hybridized carbons (Fsp3) is 0.667. The van der Waals surface area contributed by atoms with Crippen LogP contribution in [0.5, 0.6) is 0 Å². The Bertz CT molecular complexity index is 484. The van der Waals surface area contributed by atoms with Gasteiger partial charge in [-0.15, -0.1) is 6.58 Å². The quantitative estimate of drug-likeness (QED) is 0.481. The van der Waals surface area contributed by atoms with Crippen molar-refractivity contribution in [3.8, 4) is 0 Å². The third-order valence-corrected chi connectivity index (χ3v) is 4.08. The van der Waals surface area contributed by atoms with Crippen LogP contribution >= 0.6 is 11.8 Å². The van der Waals surface area contributed by atoms with Gasteiger partial charge in [0.25, 0.3) is 0 Å². The number of nitrogens with one attached hydrogen (secondary N) is 1. The molecule has 0 bridgehead atoms. The van der Waals surface area contributed by atoms with E-state index < -0.39 is 42.5 Å². The average Bonchev–Trinajstić information content (AvgIpc) is 2.48. The number of ether oxygens (including phenoxy) is 3. The van der Waals surface area contributed by atoms with Crippen molar-refractivity contribution in [2.24, 2.45) is 0 Å². The van der Waals surface area contributed by atoms with Crippen LogP contribution in [0.1, 0.15) is 20.8 Å². The Hall–Kier alpha value is -1.42. The molecule has 0 aromatic heterocycles. The van der Waals surface area contributed by atoms with Gasteiger partial charge in [-0.2, -0.15) is 0 Å². The van der Waals surface area contributed by atoms with E-state index in [4.69, 9.17) is 14.2 Å². The van der Waals surface area contributed by atoms with Gasteiger partial charge in [0.1, 0.15) is 12.1 Å². The first-order valence-corrected chi connectivity index (χ1v) is 8.38. The monoisotopic (exact) mass is 361 g/mol. The van der Waals surface area contributed by atoms with Crippen molar-refractivity contribution in [1.29, 1.82) is 0 Å². The summed E-state index contributed by atoms with van der Waals surface area (Å²) in [5.74, 6) is -0.844. The normalized spacial score (nSPS) is 29.6. The van der Waals surface area contributed by atoms with Crippen LogP contribution in [0, 0.1) is 0 Å². The van der Waals surface area contributed by atoms with E-state index >= 15 is 0 Å². The highest BCUT2D eigenvalue weighted by Crippen LogP contribution is 2.27. The third kappa shape index (κ3) is 6.23. The molecule has 1 heterocycles. The first-order chi connectivity index (χ1) is 11.3. The van der Waals surface area contributed by atoms with E-state index in [1.165, 1.54) is 26.8 Å². The van der Waals surface area contributed by atoms with E-state index in [1.807, 2.05) is 0 Å². The van der Waals surface area contributed by atoms with Gasteiger partial charge < -0.3 is 24.6 Å². The van der Waals surface area contributed by atoms with Crippen LogP contribution in [0.2, 0.25) is 0 Å². The van der Waals surface area contributed by atoms with Crippen molar-refractivity contribution in [2.75, 3.05) is 12.4 Å². The molecule has 1 rings (SSSR count). The summed E-state index contributed by atoms with van der Waals surface area (Å²) in [6, 6.07) is -0.889. The second kappa shape index (κ2) is 9.77. The molecule has 136 valence electrons. The molecule has 0 aromatic rings. The number of carbonyl (C=O) groups is 3. The number of esters is 1. The summed E-state index contributed by atoms with van der Waals surface area (Å²) in [5.41, 5.74) is 0. The fourth-order valence-electron chi connectivity index (χ4n) is 2.28. The highest BCUT2D eigenvalue weighted by Gasteiger charge is 2.48. The molecule has 1 aliphatic rings. The van der Waals surface area contributed by atoms with Crippen molar-refractivity contribution in [3.05, 3.63) is 12.7 Å². The summed E-state index contributed by atoms with van der Waals surface area (Å²) in [5, 5.41) is 12.9. The summed E-state index contributed by atoms with van der Waals surface area (Å²) in [4.78, 5) is 34.0. The van der Waals surface area contributed by atoms with Crippen LogP contribution in [0.3, 0.4) is 0 Å². The Kier molecular flexibility index (Phi) is 8.40. The van der Waals surface area contributed by atoms with Gasteiger partial charge in [-0.05, 0) is 0 Å². The predicted molar refractivity (Wildman–Crippen MR) is 87.1 cm³/mol.